The third-order valence-corrected chi connectivity index (χ3v) is 4.77. The van der Waals surface area contributed by atoms with Crippen molar-refractivity contribution in [3.8, 4) is 0 Å². The number of nitrogens with zero attached hydrogens (tertiary/aromatic N) is 2. The Bertz CT molecular complexity index is 729. The van der Waals surface area contributed by atoms with E-state index in [9.17, 15) is 9.59 Å². The van der Waals surface area contributed by atoms with Crippen molar-refractivity contribution in [1.82, 2.24) is 15.1 Å². The van der Waals surface area contributed by atoms with Crippen LogP contribution in [0.4, 0.5) is 0 Å². The Hall–Kier alpha value is -2.17. The van der Waals surface area contributed by atoms with Gasteiger partial charge in [-0.2, -0.15) is 9.78 Å². The molecule has 0 atom stereocenters. The van der Waals surface area contributed by atoms with Crippen molar-refractivity contribution in [1.29, 1.82) is 0 Å². The molecule has 5 heteroatoms. The Morgan fingerprint density at radius 2 is 1.92 bits per heavy atom. The second kappa shape index (κ2) is 7.60. The number of hydrogen-bond donors (Lipinski definition) is 1. The standard InChI is InChI=1S/C19H25N3O2/c1-14-16-10-5-6-11-17(16)22(21-14)19(24)13-7-12-18(23)20-15-8-3-2-4-9-15/h5-6,10-11,15H,2-4,7-9,12-13H2,1H3,(H,20,23). The van der Waals surface area contributed by atoms with Gasteiger partial charge in [-0.15, -0.1) is 0 Å². The first-order valence-corrected chi connectivity index (χ1v) is 8.92. The van der Waals surface area contributed by atoms with Crippen LogP contribution in [0.3, 0.4) is 0 Å². The minimum absolute atomic E-state index is 0.0511. The van der Waals surface area contributed by atoms with Crippen molar-refractivity contribution < 1.29 is 9.59 Å². The van der Waals surface area contributed by atoms with Crippen LogP contribution >= 0.6 is 0 Å². The summed E-state index contributed by atoms with van der Waals surface area (Å²) in [6.45, 7) is 1.91. The largest absolute Gasteiger partial charge is 0.353 e. The maximum atomic E-state index is 12.4. The van der Waals surface area contributed by atoms with Gasteiger partial charge in [-0.3, -0.25) is 9.59 Å². The Labute approximate surface area is 142 Å². The van der Waals surface area contributed by atoms with Gasteiger partial charge >= 0.3 is 0 Å². The zero-order valence-corrected chi connectivity index (χ0v) is 14.3. The molecule has 0 unspecified atom stereocenters. The monoisotopic (exact) mass is 327 g/mol. The lowest BCUT2D eigenvalue weighted by Crippen LogP contribution is -2.36. The Morgan fingerprint density at radius 1 is 1.17 bits per heavy atom. The van der Waals surface area contributed by atoms with E-state index < -0.39 is 0 Å². The van der Waals surface area contributed by atoms with Crippen molar-refractivity contribution in [2.75, 3.05) is 0 Å². The maximum Gasteiger partial charge on any atom is 0.247 e. The van der Waals surface area contributed by atoms with Crippen LogP contribution in [-0.4, -0.2) is 27.6 Å². The molecule has 5 nitrogen and oxygen atoms in total. The van der Waals surface area contributed by atoms with Gasteiger partial charge in [0.05, 0.1) is 11.2 Å². The first-order chi connectivity index (χ1) is 11.6. The second-order valence-corrected chi connectivity index (χ2v) is 6.66. The number of amides is 1. The molecule has 0 saturated heterocycles. The summed E-state index contributed by atoms with van der Waals surface area (Å²) < 4.78 is 1.48. The van der Waals surface area contributed by atoms with E-state index >= 15 is 0 Å². The van der Waals surface area contributed by atoms with Gasteiger partial charge < -0.3 is 5.32 Å². The van der Waals surface area contributed by atoms with E-state index in [2.05, 4.69) is 10.4 Å². The molecule has 0 spiro atoms. The van der Waals surface area contributed by atoms with E-state index in [1.54, 1.807) is 0 Å². The number of fused-ring (bicyclic) bond motifs is 1. The molecule has 1 saturated carbocycles. The molecular weight excluding hydrogens is 302 g/mol. The van der Waals surface area contributed by atoms with Crippen LogP contribution in [0.5, 0.6) is 0 Å². The molecule has 128 valence electrons. The molecule has 3 rings (SSSR count). The lowest BCUT2D eigenvalue weighted by Gasteiger charge is -2.22. The van der Waals surface area contributed by atoms with Gasteiger partial charge in [0.2, 0.25) is 11.8 Å². The summed E-state index contributed by atoms with van der Waals surface area (Å²) in [4.78, 5) is 24.4. The highest BCUT2D eigenvalue weighted by molar-refractivity contribution is 5.92. The van der Waals surface area contributed by atoms with E-state index in [4.69, 9.17) is 0 Å². The zero-order valence-electron chi connectivity index (χ0n) is 14.3. The molecule has 24 heavy (non-hydrogen) atoms. The lowest BCUT2D eigenvalue weighted by molar-refractivity contribution is -0.122. The van der Waals surface area contributed by atoms with E-state index in [-0.39, 0.29) is 11.8 Å². The predicted molar refractivity (Wildman–Crippen MR) is 94.0 cm³/mol. The van der Waals surface area contributed by atoms with E-state index in [1.807, 2.05) is 31.2 Å². The molecule has 1 fully saturated rings. The number of aromatic nitrogens is 2. The highest BCUT2D eigenvalue weighted by Gasteiger charge is 2.17. The first-order valence-electron chi connectivity index (χ1n) is 8.92. The average Bonchev–Trinajstić information content (AvgIpc) is 2.93. The molecule has 1 aromatic carbocycles. The first kappa shape index (κ1) is 16.7. The van der Waals surface area contributed by atoms with Crippen LogP contribution in [0.15, 0.2) is 24.3 Å². The topological polar surface area (TPSA) is 64.0 Å². The fraction of sp³-hybridized carbons (Fsp3) is 0.526. The SMILES string of the molecule is Cc1nn(C(=O)CCCC(=O)NC2CCCCC2)c2ccccc12. The predicted octanol–water partition coefficient (Wildman–Crippen LogP) is 3.60. The van der Waals surface area contributed by atoms with Gasteiger partial charge in [-0.25, -0.2) is 0 Å². The molecule has 1 aliphatic rings. The third kappa shape index (κ3) is 3.83. The summed E-state index contributed by atoms with van der Waals surface area (Å²) >= 11 is 0. The molecule has 1 N–H and O–H groups in total. The fourth-order valence-electron chi connectivity index (χ4n) is 3.46. The summed E-state index contributed by atoms with van der Waals surface area (Å²) in [5.74, 6) is 0.0148. The Morgan fingerprint density at radius 3 is 2.71 bits per heavy atom. The number of carbonyl (C=O) groups is 2. The number of rotatable bonds is 5. The van der Waals surface area contributed by atoms with Crippen molar-refractivity contribution >= 4 is 22.7 Å². The van der Waals surface area contributed by atoms with Crippen molar-refractivity contribution in [3.05, 3.63) is 30.0 Å². The fourth-order valence-corrected chi connectivity index (χ4v) is 3.46. The van der Waals surface area contributed by atoms with Gasteiger partial charge in [-0.05, 0) is 32.3 Å². The third-order valence-electron chi connectivity index (χ3n) is 4.77. The zero-order chi connectivity index (χ0) is 16.9. The van der Waals surface area contributed by atoms with Gasteiger partial charge in [0.25, 0.3) is 0 Å². The van der Waals surface area contributed by atoms with E-state index in [1.165, 1.54) is 23.9 Å². The summed E-state index contributed by atoms with van der Waals surface area (Å²) in [6.07, 6.45) is 7.16. The molecule has 1 aliphatic carbocycles. The van der Waals surface area contributed by atoms with Crippen LogP contribution in [0, 0.1) is 6.92 Å². The number of aryl methyl sites for hydroxylation is 1. The Kier molecular flexibility index (Phi) is 5.28. The molecule has 1 aromatic heterocycles. The smallest absolute Gasteiger partial charge is 0.247 e. The van der Waals surface area contributed by atoms with Crippen molar-refractivity contribution in [3.63, 3.8) is 0 Å². The van der Waals surface area contributed by atoms with Crippen molar-refractivity contribution in [2.45, 2.75) is 64.3 Å². The number of benzene rings is 1. The molecule has 0 bridgehead atoms. The summed E-state index contributed by atoms with van der Waals surface area (Å²) in [5, 5.41) is 8.44. The molecule has 2 aromatic rings. The molecule has 0 aliphatic heterocycles. The van der Waals surface area contributed by atoms with Crippen LogP contribution in [0.2, 0.25) is 0 Å². The number of carbonyl (C=O) groups excluding carboxylic acids is 2. The van der Waals surface area contributed by atoms with Gasteiger partial charge in [-0.1, -0.05) is 37.5 Å². The second-order valence-electron chi connectivity index (χ2n) is 6.66. The normalized spacial score (nSPS) is 15.5. The van der Waals surface area contributed by atoms with E-state index in [0.717, 1.165) is 29.4 Å². The Balaban J connectivity index is 1.51. The molecule has 1 amide bonds. The van der Waals surface area contributed by atoms with Gasteiger partial charge in [0.1, 0.15) is 0 Å². The highest BCUT2D eigenvalue weighted by atomic mass is 16.2. The van der Waals surface area contributed by atoms with Crippen LogP contribution in [-0.2, 0) is 4.79 Å². The van der Waals surface area contributed by atoms with E-state index in [0.29, 0.717) is 25.3 Å². The minimum atomic E-state index is -0.0511. The number of nitrogens with one attached hydrogen (secondary N) is 1. The molecule has 0 radical (unpaired) electrons. The lowest BCUT2D eigenvalue weighted by atomic mass is 9.95. The highest BCUT2D eigenvalue weighted by Crippen LogP contribution is 2.19. The minimum Gasteiger partial charge on any atom is -0.353 e. The summed E-state index contributed by atoms with van der Waals surface area (Å²) in [5.41, 5.74) is 1.70. The van der Waals surface area contributed by atoms with Gasteiger partial charge in [0, 0.05) is 24.3 Å². The van der Waals surface area contributed by atoms with Crippen LogP contribution in [0.1, 0.15) is 61.9 Å². The molecular formula is C19H25N3O2. The maximum absolute atomic E-state index is 12.4. The van der Waals surface area contributed by atoms with Crippen LogP contribution in [0.25, 0.3) is 10.9 Å². The summed E-state index contributed by atoms with van der Waals surface area (Å²) in [7, 11) is 0. The number of hydrogen-bond acceptors (Lipinski definition) is 3. The average molecular weight is 327 g/mol. The quantitative estimate of drug-likeness (QED) is 0.912. The number of para-hydroxylation sites is 1. The van der Waals surface area contributed by atoms with Gasteiger partial charge in [0.15, 0.2) is 0 Å². The molecule has 1 heterocycles. The summed E-state index contributed by atoms with van der Waals surface area (Å²) in [6, 6.07) is 8.06. The van der Waals surface area contributed by atoms with Crippen molar-refractivity contribution in [2.24, 2.45) is 0 Å². The van der Waals surface area contributed by atoms with Crippen LogP contribution < -0.4 is 5.32 Å².